The van der Waals surface area contributed by atoms with E-state index >= 15 is 0 Å². The van der Waals surface area contributed by atoms with E-state index in [1.165, 1.54) is 12.0 Å². The number of nitrogens with zero attached hydrogens (tertiary/aromatic N) is 1. The number of carbonyl (C=O) groups is 2. The molecule has 2 aromatic carbocycles. The monoisotopic (exact) mass is 368 g/mol. The molecule has 0 radical (unpaired) electrons. The van der Waals surface area contributed by atoms with Crippen molar-refractivity contribution in [2.75, 3.05) is 19.1 Å². The number of esters is 1. The highest BCUT2D eigenvalue weighted by molar-refractivity contribution is 7.80. The van der Waals surface area contributed by atoms with Crippen molar-refractivity contribution in [3.63, 3.8) is 0 Å². The van der Waals surface area contributed by atoms with Crippen LogP contribution in [0.4, 0.5) is 5.69 Å². The third-order valence-corrected chi connectivity index (χ3v) is 4.14. The summed E-state index contributed by atoms with van der Waals surface area (Å²) in [4.78, 5) is 25.6. The third kappa shape index (κ3) is 3.43. The number of hydrogen-bond acceptors (Lipinski definition) is 5. The smallest absolute Gasteiger partial charge is 0.337 e. The van der Waals surface area contributed by atoms with Gasteiger partial charge in [0.15, 0.2) is 5.11 Å². The second kappa shape index (κ2) is 7.37. The zero-order valence-corrected chi connectivity index (χ0v) is 15.0. The average Bonchev–Trinajstić information content (AvgIpc) is 2.95. The van der Waals surface area contributed by atoms with Gasteiger partial charge in [0.25, 0.3) is 5.91 Å². The molecule has 0 saturated carbocycles. The van der Waals surface area contributed by atoms with E-state index in [4.69, 9.17) is 17.0 Å². The molecule has 0 spiro atoms. The molecule has 3 rings (SSSR count). The van der Waals surface area contributed by atoms with Gasteiger partial charge < -0.3 is 14.8 Å². The van der Waals surface area contributed by atoms with E-state index in [2.05, 4.69) is 10.1 Å². The van der Waals surface area contributed by atoms with Crippen molar-refractivity contribution in [3.8, 4) is 5.75 Å². The molecule has 7 heteroatoms. The summed E-state index contributed by atoms with van der Waals surface area (Å²) >= 11 is 5.29. The summed E-state index contributed by atoms with van der Waals surface area (Å²) < 4.78 is 9.79. The summed E-state index contributed by atoms with van der Waals surface area (Å²) in [5.74, 6) is 0.0316. The Labute approximate surface area is 156 Å². The van der Waals surface area contributed by atoms with Gasteiger partial charge in [-0.3, -0.25) is 9.69 Å². The third-order valence-electron chi connectivity index (χ3n) is 3.85. The summed E-state index contributed by atoms with van der Waals surface area (Å²) in [5, 5.41) is 3.23. The van der Waals surface area contributed by atoms with Crippen LogP contribution in [0.2, 0.25) is 0 Å². The molecule has 1 heterocycles. The first-order valence-electron chi connectivity index (χ1n) is 7.73. The lowest BCUT2D eigenvalue weighted by atomic mass is 10.1. The Kier molecular flexibility index (Phi) is 4.99. The lowest BCUT2D eigenvalue weighted by Gasteiger charge is -2.14. The Morgan fingerprint density at radius 2 is 1.73 bits per heavy atom. The molecule has 0 atom stereocenters. The zero-order chi connectivity index (χ0) is 18.7. The summed E-state index contributed by atoms with van der Waals surface area (Å²) in [5.41, 5.74) is 2.21. The molecule has 6 nitrogen and oxygen atoms in total. The molecule has 0 aliphatic carbocycles. The van der Waals surface area contributed by atoms with Gasteiger partial charge in [-0.2, -0.15) is 0 Å². The first-order valence-corrected chi connectivity index (χ1v) is 8.14. The molecule has 0 bridgehead atoms. The predicted octanol–water partition coefficient (Wildman–Crippen LogP) is 2.74. The number of amides is 1. The van der Waals surface area contributed by atoms with Gasteiger partial charge in [0.1, 0.15) is 11.4 Å². The van der Waals surface area contributed by atoms with Crippen LogP contribution in [-0.4, -0.2) is 31.2 Å². The van der Waals surface area contributed by atoms with Gasteiger partial charge in [-0.25, -0.2) is 4.79 Å². The highest BCUT2D eigenvalue weighted by atomic mass is 32.1. The van der Waals surface area contributed by atoms with Crippen molar-refractivity contribution < 1.29 is 19.1 Å². The first kappa shape index (κ1) is 17.6. The largest absolute Gasteiger partial charge is 0.497 e. The van der Waals surface area contributed by atoms with Crippen LogP contribution < -0.4 is 15.0 Å². The second-order valence-electron chi connectivity index (χ2n) is 5.44. The Morgan fingerprint density at radius 3 is 2.31 bits per heavy atom. The molecule has 1 aliphatic heterocycles. The van der Waals surface area contributed by atoms with Crippen molar-refractivity contribution >= 4 is 41.0 Å². The molecule has 0 aromatic heterocycles. The number of anilines is 1. The number of thiocarbonyl (C=S) groups is 1. The van der Waals surface area contributed by atoms with E-state index in [1.54, 1.807) is 61.7 Å². The molecule has 0 unspecified atom stereocenters. The fraction of sp³-hybridized carbons (Fsp3) is 0.105. The van der Waals surface area contributed by atoms with Gasteiger partial charge in [0.05, 0.1) is 25.5 Å². The summed E-state index contributed by atoms with van der Waals surface area (Å²) in [6.45, 7) is 0. The number of benzene rings is 2. The Hall–Kier alpha value is -3.19. The first-order chi connectivity index (χ1) is 12.5. The number of rotatable bonds is 4. The molecule has 1 fully saturated rings. The standard InChI is InChI=1S/C19H16N2O4S/c1-24-15-9-7-14(8-10-15)21-17(22)16(20-19(21)26)11-12-3-5-13(6-4-12)18(23)25-2/h3-11H,1-2H3,(H,20,26). The normalized spacial score (nSPS) is 15.2. The maximum Gasteiger partial charge on any atom is 0.337 e. The second-order valence-corrected chi connectivity index (χ2v) is 5.83. The quantitative estimate of drug-likeness (QED) is 0.508. The van der Waals surface area contributed by atoms with Crippen LogP contribution in [0.3, 0.4) is 0 Å². The van der Waals surface area contributed by atoms with Gasteiger partial charge in [-0.15, -0.1) is 0 Å². The number of methoxy groups -OCH3 is 2. The maximum atomic E-state index is 12.7. The molecule has 1 saturated heterocycles. The lowest BCUT2D eigenvalue weighted by Crippen LogP contribution is -2.30. The van der Waals surface area contributed by atoms with Crippen LogP contribution in [0.15, 0.2) is 54.2 Å². The minimum absolute atomic E-state index is 0.253. The van der Waals surface area contributed by atoms with E-state index < -0.39 is 5.97 Å². The molecule has 26 heavy (non-hydrogen) atoms. The van der Waals surface area contributed by atoms with E-state index in [9.17, 15) is 9.59 Å². The SMILES string of the molecule is COC(=O)c1ccc(C=C2NC(=S)N(c3ccc(OC)cc3)C2=O)cc1. The lowest BCUT2D eigenvalue weighted by molar-refractivity contribution is -0.113. The van der Waals surface area contributed by atoms with Crippen LogP contribution in [0.5, 0.6) is 5.75 Å². The Bertz CT molecular complexity index is 889. The number of nitrogens with one attached hydrogen (secondary N) is 1. The van der Waals surface area contributed by atoms with Gasteiger partial charge in [-0.05, 0) is 60.3 Å². The van der Waals surface area contributed by atoms with Gasteiger partial charge in [-0.1, -0.05) is 12.1 Å². The highest BCUT2D eigenvalue weighted by Crippen LogP contribution is 2.24. The summed E-state index contributed by atoms with van der Waals surface area (Å²) in [7, 11) is 2.91. The van der Waals surface area contributed by atoms with Gasteiger partial charge in [0, 0.05) is 0 Å². The van der Waals surface area contributed by atoms with Crippen molar-refractivity contribution in [1.82, 2.24) is 5.32 Å². The predicted molar refractivity (Wildman–Crippen MR) is 102 cm³/mol. The van der Waals surface area contributed by atoms with Gasteiger partial charge in [0.2, 0.25) is 0 Å². The minimum Gasteiger partial charge on any atom is -0.497 e. The van der Waals surface area contributed by atoms with E-state index in [1.807, 2.05) is 0 Å². The molecule has 1 aliphatic rings. The van der Waals surface area contributed by atoms with Crippen molar-refractivity contribution in [1.29, 1.82) is 0 Å². The van der Waals surface area contributed by atoms with E-state index in [0.717, 1.165) is 5.56 Å². The Balaban J connectivity index is 1.83. The van der Waals surface area contributed by atoms with Crippen molar-refractivity contribution in [3.05, 3.63) is 65.4 Å². The number of ether oxygens (including phenoxy) is 2. The van der Waals surface area contributed by atoms with Crippen LogP contribution >= 0.6 is 12.2 Å². The highest BCUT2D eigenvalue weighted by Gasteiger charge is 2.31. The zero-order valence-electron chi connectivity index (χ0n) is 14.2. The maximum absolute atomic E-state index is 12.7. The van der Waals surface area contributed by atoms with Crippen LogP contribution in [-0.2, 0) is 9.53 Å². The number of hydrogen-bond donors (Lipinski definition) is 1. The summed E-state index contributed by atoms with van der Waals surface area (Å²) in [6.07, 6.45) is 1.68. The summed E-state index contributed by atoms with van der Waals surface area (Å²) in [6, 6.07) is 13.8. The molecule has 1 amide bonds. The molecular formula is C19H16N2O4S. The topological polar surface area (TPSA) is 67.9 Å². The van der Waals surface area contributed by atoms with Crippen LogP contribution in [0.1, 0.15) is 15.9 Å². The van der Waals surface area contributed by atoms with Crippen molar-refractivity contribution in [2.45, 2.75) is 0 Å². The molecular weight excluding hydrogens is 352 g/mol. The van der Waals surface area contributed by atoms with E-state index in [-0.39, 0.29) is 5.91 Å². The molecule has 1 N–H and O–H groups in total. The van der Waals surface area contributed by atoms with Crippen LogP contribution in [0.25, 0.3) is 6.08 Å². The molecule has 132 valence electrons. The molecule has 2 aromatic rings. The van der Waals surface area contributed by atoms with Gasteiger partial charge >= 0.3 is 5.97 Å². The van der Waals surface area contributed by atoms with Crippen LogP contribution in [0, 0.1) is 0 Å². The Morgan fingerprint density at radius 1 is 1.08 bits per heavy atom. The van der Waals surface area contributed by atoms with E-state index in [0.29, 0.717) is 27.8 Å². The fourth-order valence-corrected chi connectivity index (χ4v) is 2.80. The average molecular weight is 368 g/mol. The minimum atomic E-state index is -0.411. The van der Waals surface area contributed by atoms with Crippen molar-refractivity contribution in [2.24, 2.45) is 0 Å². The number of carbonyl (C=O) groups excluding carboxylic acids is 2. The fourth-order valence-electron chi connectivity index (χ4n) is 2.50.